The second kappa shape index (κ2) is 5.01. The monoisotopic (exact) mass is 248 g/mol. The molecule has 0 radical (unpaired) electrons. The normalized spacial score (nSPS) is 10.2. The minimum atomic E-state index is 0.582. The third-order valence-electron chi connectivity index (χ3n) is 2.31. The van der Waals surface area contributed by atoms with Gasteiger partial charge in [0.1, 0.15) is 0 Å². The number of aryl methyl sites for hydroxylation is 1. The molecule has 0 unspecified atom stereocenters. The van der Waals surface area contributed by atoms with Crippen LogP contribution in [0.3, 0.4) is 0 Å². The molecule has 0 saturated carbocycles. The molecule has 1 heterocycles. The average Bonchev–Trinajstić information content (AvgIpc) is 2.30. The molecule has 0 aliphatic rings. The van der Waals surface area contributed by atoms with Crippen molar-refractivity contribution in [3.8, 4) is 0 Å². The van der Waals surface area contributed by atoms with Crippen LogP contribution in [0.1, 0.15) is 11.4 Å². The molecule has 0 amide bonds. The van der Waals surface area contributed by atoms with Gasteiger partial charge in [-0.1, -0.05) is 11.6 Å². The van der Waals surface area contributed by atoms with E-state index in [1.807, 2.05) is 13.0 Å². The van der Waals surface area contributed by atoms with Crippen molar-refractivity contribution in [2.24, 2.45) is 0 Å². The number of nitrogens with two attached hydrogens (primary N) is 1. The molecule has 0 fully saturated rings. The van der Waals surface area contributed by atoms with E-state index in [0.29, 0.717) is 17.3 Å². The molecule has 1 aromatic heterocycles. The van der Waals surface area contributed by atoms with Crippen molar-refractivity contribution in [1.82, 2.24) is 9.97 Å². The van der Waals surface area contributed by atoms with Crippen LogP contribution in [0.15, 0.2) is 30.6 Å². The highest BCUT2D eigenvalue weighted by Crippen LogP contribution is 2.22. The Kier molecular flexibility index (Phi) is 3.44. The fraction of sp³-hybridized carbons (Fsp3) is 0.167. The lowest BCUT2D eigenvalue weighted by molar-refractivity contribution is 0.985. The summed E-state index contributed by atoms with van der Waals surface area (Å²) >= 11 is 5.82. The SMILES string of the molecule is Cc1cnc(CNc2ccc(Cl)cc2N)cn1. The molecule has 0 aliphatic heterocycles. The fourth-order valence-electron chi connectivity index (χ4n) is 1.39. The Labute approximate surface area is 105 Å². The average molecular weight is 249 g/mol. The van der Waals surface area contributed by atoms with E-state index in [-0.39, 0.29) is 0 Å². The zero-order valence-electron chi connectivity index (χ0n) is 9.44. The molecule has 5 heteroatoms. The van der Waals surface area contributed by atoms with Gasteiger partial charge in [0.2, 0.25) is 0 Å². The Morgan fingerprint density at radius 2 is 2.12 bits per heavy atom. The quantitative estimate of drug-likeness (QED) is 0.820. The molecule has 0 bridgehead atoms. The molecule has 2 rings (SSSR count). The topological polar surface area (TPSA) is 63.8 Å². The maximum Gasteiger partial charge on any atom is 0.0777 e. The van der Waals surface area contributed by atoms with E-state index in [1.54, 1.807) is 24.5 Å². The number of halogens is 1. The number of nitrogens with zero attached hydrogens (tertiary/aromatic N) is 2. The zero-order valence-corrected chi connectivity index (χ0v) is 10.2. The van der Waals surface area contributed by atoms with Gasteiger partial charge in [-0.15, -0.1) is 0 Å². The molecule has 0 aliphatic carbocycles. The molecule has 0 spiro atoms. The molecule has 4 nitrogen and oxygen atoms in total. The lowest BCUT2D eigenvalue weighted by atomic mass is 10.2. The number of aromatic nitrogens is 2. The summed E-state index contributed by atoms with van der Waals surface area (Å²) in [6, 6.07) is 5.35. The highest BCUT2D eigenvalue weighted by Gasteiger charge is 2.00. The number of anilines is 2. The number of hydrogen-bond donors (Lipinski definition) is 2. The highest BCUT2D eigenvalue weighted by atomic mass is 35.5. The summed E-state index contributed by atoms with van der Waals surface area (Å²) in [4.78, 5) is 8.42. The van der Waals surface area contributed by atoms with Crippen molar-refractivity contribution in [1.29, 1.82) is 0 Å². The molecule has 2 aromatic rings. The van der Waals surface area contributed by atoms with Gasteiger partial charge < -0.3 is 11.1 Å². The van der Waals surface area contributed by atoms with E-state index in [9.17, 15) is 0 Å². The van der Waals surface area contributed by atoms with Crippen LogP contribution < -0.4 is 11.1 Å². The van der Waals surface area contributed by atoms with Crippen LogP contribution in [0.4, 0.5) is 11.4 Å². The van der Waals surface area contributed by atoms with Gasteiger partial charge in [-0.3, -0.25) is 9.97 Å². The van der Waals surface area contributed by atoms with Gasteiger partial charge in [-0.25, -0.2) is 0 Å². The van der Waals surface area contributed by atoms with Crippen LogP contribution in [0.25, 0.3) is 0 Å². The van der Waals surface area contributed by atoms with E-state index >= 15 is 0 Å². The summed E-state index contributed by atoms with van der Waals surface area (Å²) in [5.74, 6) is 0. The van der Waals surface area contributed by atoms with E-state index in [4.69, 9.17) is 17.3 Å². The van der Waals surface area contributed by atoms with Gasteiger partial charge in [0.05, 0.1) is 35.5 Å². The molecule has 0 atom stereocenters. The highest BCUT2D eigenvalue weighted by molar-refractivity contribution is 6.31. The molecular formula is C12H13ClN4. The van der Waals surface area contributed by atoms with Crippen LogP contribution in [-0.4, -0.2) is 9.97 Å². The Morgan fingerprint density at radius 3 is 2.76 bits per heavy atom. The van der Waals surface area contributed by atoms with Crippen molar-refractivity contribution in [2.75, 3.05) is 11.1 Å². The number of benzene rings is 1. The third kappa shape index (κ3) is 3.07. The number of hydrogen-bond acceptors (Lipinski definition) is 4. The summed E-state index contributed by atoms with van der Waals surface area (Å²) in [7, 11) is 0. The van der Waals surface area contributed by atoms with E-state index in [0.717, 1.165) is 17.1 Å². The Balaban J connectivity index is 2.04. The predicted molar refractivity (Wildman–Crippen MR) is 70.0 cm³/mol. The van der Waals surface area contributed by atoms with Crippen LogP contribution in [0.2, 0.25) is 5.02 Å². The minimum absolute atomic E-state index is 0.582. The van der Waals surface area contributed by atoms with Gasteiger partial charge in [-0.2, -0.15) is 0 Å². The zero-order chi connectivity index (χ0) is 12.3. The van der Waals surface area contributed by atoms with Gasteiger partial charge in [-0.05, 0) is 25.1 Å². The van der Waals surface area contributed by atoms with Crippen LogP contribution >= 0.6 is 11.6 Å². The first kappa shape index (κ1) is 11.7. The lowest BCUT2D eigenvalue weighted by Crippen LogP contribution is -2.04. The summed E-state index contributed by atoms with van der Waals surface area (Å²) in [6.07, 6.45) is 3.48. The number of nitrogen functional groups attached to an aromatic ring is 1. The smallest absolute Gasteiger partial charge is 0.0777 e. The van der Waals surface area contributed by atoms with Crippen LogP contribution in [-0.2, 0) is 6.54 Å². The fourth-order valence-corrected chi connectivity index (χ4v) is 1.57. The number of rotatable bonds is 3. The van der Waals surface area contributed by atoms with E-state index in [2.05, 4.69) is 15.3 Å². The first-order valence-electron chi connectivity index (χ1n) is 5.21. The second-order valence-electron chi connectivity index (χ2n) is 3.73. The Bertz CT molecular complexity index is 510. The lowest BCUT2D eigenvalue weighted by Gasteiger charge is -2.08. The van der Waals surface area contributed by atoms with Crippen molar-refractivity contribution in [2.45, 2.75) is 13.5 Å². The Morgan fingerprint density at radius 1 is 1.29 bits per heavy atom. The molecule has 3 N–H and O–H groups in total. The van der Waals surface area contributed by atoms with Gasteiger partial charge in [0.15, 0.2) is 0 Å². The third-order valence-corrected chi connectivity index (χ3v) is 2.54. The first-order chi connectivity index (χ1) is 8.15. The first-order valence-corrected chi connectivity index (χ1v) is 5.59. The molecular weight excluding hydrogens is 236 g/mol. The van der Waals surface area contributed by atoms with Crippen molar-refractivity contribution < 1.29 is 0 Å². The van der Waals surface area contributed by atoms with E-state index < -0.39 is 0 Å². The van der Waals surface area contributed by atoms with Gasteiger partial charge in [0.25, 0.3) is 0 Å². The van der Waals surface area contributed by atoms with Crippen LogP contribution in [0, 0.1) is 6.92 Å². The summed E-state index contributed by atoms with van der Waals surface area (Å²) in [5, 5.41) is 3.82. The minimum Gasteiger partial charge on any atom is -0.397 e. The molecule has 1 aromatic carbocycles. The summed E-state index contributed by atoms with van der Waals surface area (Å²) in [5.41, 5.74) is 9.06. The van der Waals surface area contributed by atoms with Gasteiger partial charge >= 0.3 is 0 Å². The van der Waals surface area contributed by atoms with Crippen molar-refractivity contribution >= 4 is 23.0 Å². The molecule has 88 valence electrons. The Hall–Kier alpha value is -1.81. The number of nitrogens with one attached hydrogen (secondary N) is 1. The molecule has 0 saturated heterocycles. The molecule has 17 heavy (non-hydrogen) atoms. The summed E-state index contributed by atoms with van der Waals surface area (Å²) in [6.45, 7) is 2.49. The maximum atomic E-state index is 5.83. The second-order valence-corrected chi connectivity index (χ2v) is 4.17. The van der Waals surface area contributed by atoms with Crippen molar-refractivity contribution in [3.63, 3.8) is 0 Å². The maximum absolute atomic E-state index is 5.83. The van der Waals surface area contributed by atoms with Crippen LogP contribution in [0.5, 0.6) is 0 Å². The standard InChI is InChI=1S/C12H13ClN4/c1-8-5-16-10(6-15-8)7-17-12-3-2-9(13)4-11(12)14/h2-6,17H,7,14H2,1H3. The predicted octanol–water partition coefficient (Wildman–Crippen LogP) is 2.63. The van der Waals surface area contributed by atoms with E-state index in [1.165, 1.54) is 0 Å². The van der Waals surface area contributed by atoms with Gasteiger partial charge in [0, 0.05) is 11.2 Å². The summed E-state index contributed by atoms with van der Waals surface area (Å²) < 4.78 is 0. The largest absolute Gasteiger partial charge is 0.397 e. The van der Waals surface area contributed by atoms with Crippen molar-refractivity contribution in [3.05, 3.63) is 47.0 Å².